The summed E-state index contributed by atoms with van der Waals surface area (Å²) in [4.78, 5) is 4.35. The van der Waals surface area contributed by atoms with Gasteiger partial charge in [-0.3, -0.25) is 4.98 Å². The zero-order valence-electron chi connectivity index (χ0n) is 11.8. The minimum Gasteiger partial charge on any atom is -0.392 e. The van der Waals surface area contributed by atoms with Crippen LogP contribution in [-0.4, -0.2) is 16.2 Å². The number of rotatable bonds is 4. The minimum atomic E-state index is -0.234. The van der Waals surface area contributed by atoms with Crippen molar-refractivity contribution in [3.63, 3.8) is 0 Å². The van der Waals surface area contributed by atoms with E-state index in [1.54, 1.807) is 6.20 Å². The van der Waals surface area contributed by atoms with Crippen molar-refractivity contribution >= 4 is 15.9 Å². The van der Waals surface area contributed by atoms with Crippen LogP contribution in [0.1, 0.15) is 45.2 Å². The molecule has 1 fully saturated rings. The van der Waals surface area contributed by atoms with Gasteiger partial charge in [-0.2, -0.15) is 0 Å². The lowest BCUT2D eigenvalue weighted by Gasteiger charge is -2.33. The van der Waals surface area contributed by atoms with Gasteiger partial charge in [-0.25, -0.2) is 0 Å². The highest BCUT2D eigenvalue weighted by molar-refractivity contribution is 9.10. The van der Waals surface area contributed by atoms with E-state index in [-0.39, 0.29) is 6.10 Å². The first-order valence-corrected chi connectivity index (χ1v) is 8.14. The van der Waals surface area contributed by atoms with Crippen molar-refractivity contribution in [3.8, 4) is 0 Å². The Balaban J connectivity index is 1.84. The standard InChI is InChI=1S/C16H24BrNO/c1-11(2)12-3-5-13(6-4-12)16(19)9-15-8-7-14(17)10-18-15/h7-8,10-13,16,19H,3-6,9H2,1-2H3. The Morgan fingerprint density at radius 3 is 2.37 bits per heavy atom. The van der Waals surface area contributed by atoms with E-state index in [0.717, 1.165) is 22.0 Å². The topological polar surface area (TPSA) is 33.1 Å². The van der Waals surface area contributed by atoms with E-state index in [9.17, 15) is 5.11 Å². The Morgan fingerprint density at radius 1 is 1.21 bits per heavy atom. The maximum atomic E-state index is 10.4. The molecule has 1 N–H and O–H groups in total. The minimum absolute atomic E-state index is 0.234. The van der Waals surface area contributed by atoms with E-state index < -0.39 is 0 Å². The van der Waals surface area contributed by atoms with Gasteiger partial charge in [0.1, 0.15) is 0 Å². The molecule has 0 radical (unpaired) electrons. The molecule has 0 saturated heterocycles. The number of aliphatic hydroxyl groups is 1. The molecular formula is C16H24BrNO. The molecule has 1 aliphatic carbocycles. The first-order chi connectivity index (χ1) is 9.06. The number of halogens is 1. The molecule has 1 atom stereocenters. The highest BCUT2D eigenvalue weighted by atomic mass is 79.9. The third-order valence-electron chi connectivity index (χ3n) is 4.51. The molecule has 0 aromatic carbocycles. The first-order valence-electron chi connectivity index (χ1n) is 7.34. The summed E-state index contributed by atoms with van der Waals surface area (Å²) in [6.07, 6.45) is 7.13. The summed E-state index contributed by atoms with van der Waals surface area (Å²) in [5.74, 6) is 2.10. The molecule has 3 heteroatoms. The molecule has 1 aliphatic rings. The Hall–Kier alpha value is -0.410. The number of aromatic nitrogens is 1. The maximum absolute atomic E-state index is 10.4. The van der Waals surface area contributed by atoms with Crippen molar-refractivity contribution in [2.45, 2.75) is 52.1 Å². The molecule has 19 heavy (non-hydrogen) atoms. The summed E-state index contributed by atoms with van der Waals surface area (Å²) >= 11 is 3.38. The Morgan fingerprint density at radius 2 is 1.84 bits per heavy atom. The van der Waals surface area contributed by atoms with Crippen molar-refractivity contribution in [2.75, 3.05) is 0 Å². The number of hydrogen-bond acceptors (Lipinski definition) is 2. The average Bonchev–Trinajstić information content (AvgIpc) is 2.41. The van der Waals surface area contributed by atoms with Gasteiger partial charge >= 0.3 is 0 Å². The molecule has 1 aromatic rings. The monoisotopic (exact) mass is 325 g/mol. The summed E-state index contributed by atoms with van der Waals surface area (Å²) < 4.78 is 0.989. The highest BCUT2D eigenvalue weighted by Gasteiger charge is 2.27. The van der Waals surface area contributed by atoms with Crippen molar-refractivity contribution in [1.29, 1.82) is 0 Å². The van der Waals surface area contributed by atoms with Crippen LogP contribution in [-0.2, 0) is 6.42 Å². The van der Waals surface area contributed by atoms with E-state index >= 15 is 0 Å². The lowest BCUT2D eigenvalue weighted by Crippen LogP contribution is -2.29. The molecule has 106 valence electrons. The molecular weight excluding hydrogens is 302 g/mol. The van der Waals surface area contributed by atoms with Gasteiger partial charge in [0, 0.05) is 22.8 Å². The lowest BCUT2D eigenvalue weighted by molar-refractivity contribution is 0.0668. The van der Waals surface area contributed by atoms with Gasteiger partial charge in [-0.05, 0) is 71.5 Å². The van der Waals surface area contributed by atoms with E-state index in [1.165, 1.54) is 25.7 Å². The second-order valence-electron chi connectivity index (χ2n) is 6.16. The molecule has 1 heterocycles. The van der Waals surface area contributed by atoms with Crippen LogP contribution in [0.5, 0.6) is 0 Å². The molecule has 1 unspecified atom stereocenters. The molecule has 0 bridgehead atoms. The van der Waals surface area contributed by atoms with Gasteiger partial charge < -0.3 is 5.11 Å². The largest absolute Gasteiger partial charge is 0.392 e. The molecule has 1 aromatic heterocycles. The summed E-state index contributed by atoms with van der Waals surface area (Å²) in [5, 5.41) is 10.4. The first kappa shape index (κ1) is 15.0. The maximum Gasteiger partial charge on any atom is 0.0623 e. The molecule has 2 nitrogen and oxygen atoms in total. The summed E-state index contributed by atoms with van der Waals surface area (Å²) in [6, 6.07) is 3.98. The van der Waals surface area contributed by atoms with Gasteiger partial charge in [0.2, 0.25) is 0 Å². The van der Waals surface area contributed by atoms with Crippen molar-refractivity contribution in [1.82, 2.24) is 4.98 Å². The molecule has 0 aliphatic heterocycles. The van der Waals surface area contributed by atoms with Gasteiger partial charge in [0.25, 0.3) is 0 Å². The van der Waals surface area contributed by atoms with E-state index in [2.05, 4.69) is 34.8 Å². The number of nitrogens with zero attached hydrogens (tertiary/aromatic N) is 1. The third kappa shape index (κ3) is 4.28. The molecule has 2 rings (SSSR count). The number of aliphatic hydroxyl groups excluding tert-OH is 1. The molecule has 0 spiro atoms. The fourth-order valence-corrected chi connectivity index (χ4v) is 3.34. The fraction of sp³-hybridized carbons (Fsp3) is 0.688. The van der Waals surface area contributed by atoms with Crippen molar-refractivity contribution in [2.24, 2.45) is 17.8 Å². The predicted molar refractivity (Wildman–Crippen MR) is 81.9 cm³/mol. The average molecular weight is 326 g/mol. The second-order valence-corrected chi connectivity index (χ2v) is 7.07. The van der Waals surface area contributed by atoms with E-state index in [1.807, 2.05) is 12.1 Å². The van der Waals surface area contributed by atoms with Crippen molar-refractivity contribution < 1.29 is 5.11 Å². The number of hydrogen-bond donors (Lipinski definition) is 1. The van der Waals surface area contributed by atoms with Gasteiger partial charge in [-0.15, -0.1) is 0 Å². The zero-order valence-corrected chi connectivity index (χ0v) is 13.4. The van der Waals surface area contributed by atoms with E-state index in [4.69, 9.17) is 0 Å². The lowest BCUT2D eigenvalue weighted by atomic mass is 9.74. The highest BCUT2D eigenvalue weighted by Crippen LogP contribution is 2.35. The molecule has 0 amide bonds. The quantitative estimate of drug-likeness (QED) is 0.899. The summed E-state index contributed by atoms with van der Waals surface area (Å²) in [5.41, 5.74) is 0.988. The predicted octanol–water partition coefficient (Wildman–Crippen LogP) is 4.21. The van der Waals surface area contributed by atoms with Crippen LogP contribution in [0.25, 0.3) is 0 Å². The van der Waals surface area contributed by atoms with Gasteiger partial charge in [0.05, 0.1) is 6.10 Å². The third-order valence-corrected chi connectivity index (χ3v) is 4.98. The van der Waals surface area contributed by atoms with Crippen LogP contribution < -0.4 is 0 Å². The Labute approximate surface area is 124 Å². The number of pyridine rings is 1. The fourth-order valence-electron chi connectivity index (χ4n) is 3.10. The smallest absolute Gasteiger partial charge is 0.0623 e. The van der Waals surface area contributed by atoms with Crippen LogP contribution in [0.4, 0.5) is 0 Å². The SMILES string of the molecule is CC(C)C1CCC(C(O)Cc2ccc(Br)cn2)CC1. The Bertz CT molecular complexity index is 382. The zero-order chi connectivity index (χ0) is 13.8. The van der Waals surface area contributed by atoms with Crippen molar-refractivity contribution in [3.05, 3.63) is 28.5 Å². The molecule has 1 saturated carbocycles. The Kier molecular flexibility index (Phi) is 5.40. The van der Waals surface area contributed by atoms with Crippen LogP contribution >= 0.6 is 15.9 Å². The van der Waals surface area contributed by atoms with E-state index in [0.29, 0.717) is 12.3 Å². The second kappa shape index (κ2) is 6.85. The van der Waals surface area contributed by atoms with Crippen LogP contribution in [0, 0.1) is 17.8 Å². The van der Waals surface area contributed by atoms with Crippen LogP contribution in [0.3, 0.4) is 0 Å². The summed E-state index contributed by atoms with van der Waals surface area (Å²) in [6.45, 7) is 4.63. The normalized spacial score (nSPS) is 25.5. The van der Waals surface area contributed by atoms with Gasteiger partial charge in [-0.1, -0.05) is 13.8 Å². The van der Waals surface area contributed by atoms with Crippen LogP contribution in [0.2, 0.25) is 0 Å². The summed E-state index contributed by atoms with van der Waals surface area (Å²) in [7, 11) is 0. The van der Waals surface area contributed by atoms with Crippen LogP contribution in [0.15, 0.2) is 22.8 Å². The van der Waals surface area contributed by atoms with Gasteiger partial charge in [0.15, 0.2) is 0 Å².